The van der Waals surface area contributed by atoms with E-state index in [2.05, 4.69) is 32.1 Å². The van der Waals surface area contributed by atoms with Crippen LogP contribution < -0.4 is 4.74 Å². The van der Waals surface area contributed by atoms with Gasteiger partial charge in [-0.3, -0.25) is 0 Å². The summed E-state index contributed by atoms with van der Waals surface area (Å²) in [4.78, 5) is 12.3. The summed E-state index contributed by atoms with van der Waals surface area (Å²) in [5.41, 5.74) is 2.60. The first-order valence-electron chi connectivity index (χ1n) is 8.37. The number of ether oxygens (including phenoxy) is 1. The third-order valence-corrected chi connectivity index (χ3v) is 4.85. The number of fused-ring (bicyclic) bond motifs is 1. The van der Waals surface area contributed by atoms with E-state index in [-0.39, 0.29) is 0 Å². The van der Waals surface area contributed by atoms with Crippen molar-refractivity contribution in [3.8, 4) is 5.88 Å². The predicted octanol–water partition coefficient (Wildman–Crippen LogP) is 4.47. The fourth-order valence-electron chi connectivity index (χ4n) is 2.47. The first-order chi connectivity index (χ1) is 12.2. The molecule has 0 radical (unpaired) electrons. The van der Waals surface area contributed by atoms with Gasteiger partial charge < -0.3 is 9.72 Å². The number of aromatic amines is 1. The van der Waals surface area contributed by atoms with Gasteiger partial charge in [0.25, 0.3) is 0 Å². The Morgan fingerprint density at radius 3 is 2.64 bits per heavy atom. The first kappa shape index (κ1) is 17.9. The van der Waals surface area contributed by atoms with Crippen LogP contribution >= 0.6 is 23.4 Å². The van der Waals surface area contributed by atoms with Crippen LogP contribution in [0, 0.1) is 0 Å². The number of hydrogen-bond donors (Lipinski definition) is 1. The highest BCUT2D eigenvalue weighted by molar-refractivity contribution is 7.99. The maximum absolute atomic E-state index is 6.44. The molecule has 0 atom stereocenters. The van der Waals surface area contributed by atoms with Crippen molar-refractivity contribution in [2.75, 3.05) is 6.61 Å². The Morgan fingerprint density at radius 1 is 1.16 bits per heavy atom. The molecular formula is C17H20ClN5OS. The van der Waals surface area contributed by atoms with Crippen LogP contribution in [0.2, 0.25) is 5.02 Å². The molecule has 0 fully saturated rings. The Labute approximate surface area is 155 Å². The minimum atomic E-state index is 0.492. The molecule has 1 N–H and O–H groups in total. The lowest BCUT2D eigenvalue weighted by Gasteiger charge is -2.06. The molecule has 0 saturated carbocycles. The molecule has 0 aromatic carbocycles. The minimum absolute atomic E-state index is 0.492. The van der Waals surface area contributed by atoms with Crippen molar-refractivity contribution in [3.05, 3.63) is 28.5 Å². The molecule has 0 aliphatic rings. The van der Waals surface area contributed by atoms with Crippen LogP contribution in [0.4, 0.5) is 0 Å². The standard InChI is InChI=1S/C17H20ClN5OS/c1-4-7-10-8-9-12(23-22-10)25-17-20-15-13(16(21-17)24-6-3)14(18)11(5-2)19-15/h8-9H,4-7H2,1-3H3,(H,19,20,21). The SMILES string of the molecule is CCCc1ccc(Sc2nc(OCC)c3c(Cl)c(CC)[nH]c3n2)nn1. The Bertz CT molecular complexity index is 866. The summed E-state index contributed by atoms with van der Waals surface area (Å²) in [6.45, 7) is 6.58. The van der Waals surface area contributed by atoms with Crippen molar-refractivity contribution >= 4 is 34.4 Å². The second kappa shape index (κ2) is 8.01. The summed E-state index contributed by atoms with van der Waals surface area (Å²) in [7, 11) is 0. The van der Waals surface area contributed by atoms with E-state index in [1.807, 2.05) is 26.0 Å². The summed E-state index contributed by atoms with van der Waals surface area (Å²) >= 11 is 7.79. The zero-order valence-corrected chi connectivity index (χ0v) is 16.0. The van der Waals surface area contributed by atoms with E-state index in [9.17, 15) is 0 Å². The lowest BCUT2D eigenvalue weighted by Crippen LogP contribution is -1.99. The van der Waals surface area contributed by atoms with Crippen molar-refractivity contribution in [3.63, 3.8) is 0 Å². The zero-order chi connectivity index (χ0) is 17.8. The van der Waals surface area contributed by atoms with Gasteiger partial charge in [-0.05, 0) is 43.7 Å². The van der Waals surface area contributed by atoms with Gasteiger partial charge in [0.05, 0.1) is 22.7 Å². The van der Waals surface area contributed by atoms with Crippen LogP contribution in [0.5, 0.6) is 5.88 Å². The van der Waals surface area contributed by atoms with Gasteiger partial charge in [-0.25, -0.2) is 4.98 Å². The highest BCUT2D eigenvalue weighted by Crippen LogP contribution is 2.35. The Kier molecular flexibility index (Phi) is 5.75. The van der Waals surface area contributed by atoms with Crippen molar-refractivity contribution in [1.29, 1.82) is 0 Å². The summed E-state index contributed by atoms with van der Waals surface area (Å²) in [5.74, 6) is 0.492. The highest BCUT2D eigenvalue weighted by Gasteiger charge is 2.18. The van der Waals surface area contributed by atoms with Crippen LogP contribution in [-0.2, 0) is 12.8 Å². The topological polar surface area (TPSA) is 76.6 Å². The van der Waals surface area contributed by atoms with Crippen molar-refractivity contribution in [1.82, 2.24) is 25.1 Å². The van der Waals surface area contributed by atoms with Gasteiger partial charge in [0.15, 0.2) is 5.16 Å². The molecule has 8 heteroatoms. The fourth-order valence-corrected chi connectivity index (χ4v) is 3.49. The average molecular weight is 378 g/mol. The molecule has 0 bridgehead atoms. The van der Waals surface area contributed by atoms with Gasteiger partial charge in [0.1, 0.15) is 10.7 Å². The monoisotopic (exact) mass is 377 g/mol. The van der Waals surface area contributed by atoms with E-state index in [1.165, 1.54) is 11.8 Å². The first-order valence-corrected chi connectivity index (χ1v) is 9.57. The lowest BCUT2D eigenvalue weighted by molar-refractivity contribution is 0.328. The number of hydrogen-bond acceptors (Lipinski definition) is 6. The maximum atomic E-state index is 6.44. The molecule has 3 rings (SSSR count). The molecule has 3 aromatic heterocycles. The van der Waals surface area contributed by atoms with Crippen LogP contribution in [-0.4, -0.2) is 31.8 Å². The summed E-state index contributed by atoms with van der Waals surface area (Å²) in [5, 5.41) is 11.1. The van der Waals surface area contributed by atoms with E-state index in [4.69, 9.17) is 16.3 Å². The number of halogens is 1. The molecule has 0 aliphatic carbocycles. The molecule has 132 valence electrons. The molecule has 0 amide bonds. The van der Waals surface area contributed by atoms with Crippen molar-refractivity contribution < 1.29 is 4.74 Å². The Hall–Kier alpha value is -1.86. The third kappa shape index (κ3) is 3.88. The molecule has 0 spiro atoms. The van der Waals surface area contributed by atoms with E-state index in [0.717, 1.165) is 41.1 Å². The van der Waals surface area contributed by atoms with E-state index >= 15 is 0 Å². The number of aryl methyl sites for hydroxylation is 2. The largest absolute Gasteiger partial charge is 0.477 e. The highest BCUT2D eigenvalue weighted by atomic mass is 35.5. The van der Waals surface area contributed by atoms with Crippen LogP contribution in [0.25, 0.3) is 11.0 Å². The van der Waals surface area contributed by atoms with Gasteiger partial charge in [-0.1, -0.05) is 31.9 Å². The van der Waals surface area contributed by atoms with Crippen LogP contribution in [0.3, 0.4) is 0 Å². The van der Waals surface area contributed by atoms with Gasteiger partial charge >= 0.3 is 0 Å². The number of nitrogens with zero attached hydrogens (tertiary/aromatic N) is 4. The van der Waals surface area contributed by atoms with Gasteiger partial charge in [0, 0.05) is 5.69 Å². The second-order valence-electron chi connectivity index (χ2n) is 5.45. The number of rotatable bonds is 7. The smallest absolute Gasteiger partial charge is 0.228 e. The molecule has 25 heavy (non-hydrogen) atoms. The molecule has 0 unspecified atom stereocenters. The minimum Gasteiger partial charge on any atom is -0.477 e. The van der Waals surface area contributed by atoms with Crippen LogP contribution in [0.1, 0.15) is 38.6 Å². The maximum Gasteiger partial charge on any atom is 0.228 e. The van der Waals surface area contributed by atoms with E-state index < -0.39 is 0 Å². The number of nitrogens with one attached hydrogen (secondary N) is 1. The Morgan fingerprint density at radius 2 is 2.00 bits per heavy atom. The van der Waals surface area contributed by atoms with Crippen molar-refractivity contribution in [2.24, 2.45) is 0 Å². The Balaban J connectivity index is 1.95. The van der Waals surface area contributed by atoms with Gasteiger partial charge in [-0.15, -0.1) is 5.10 Å². The van der Waals surface area contributed by atoms with E-state index in [0.29, 0.717) is 28.3 Å². The van der Waals surface area contributed by atoms with E-state index in [1.54, 1.807) is 0 Å². The van der Waals surface area contributed by atoms with Crippen LogP contribution in [0.15, 0.2) is 22.3 Å². The van der Waals surface area contributed by atoms with Gasteiger partial charge in [0.2, 0.25) is 5.88 Å². The fraction of sp³-hybridized carbons (Fsp3) is 0.412. The normalized spacial score (nSPS) is 11.2. The van der Waals surface area contributed by atoms with Crippen molar-refractivity contribution in [2.45, 2.75) is 50.2 Å². The zero-order valence-electron chi connectivity index (χ0n) is 14.5. The number of H-pyrrole nitrogens is 1. The quantitative estimate of drug-likeness (QED) is 0.612. The molecule has 6 nitrogen and oxygen atoms in total. The average Bonchev–Trinajstić information content (AvgIpc) is 2.93. The lowest BCUT2D eigenvalue weighted by atomic mass is 10.2. The molecule has 3 heterocycles. The predicted molar refractivity (Wildman–Crippen MR) is 99.6 cm³/mol. The number of aromatic nitrogens is 5. The molecule has 0 saturated heterocycles. The molecule has 0 aliphatic heterocycles. The summed E-state index contributed by atoms with van der Waals surface area (Å²) < 4.78 is 5.68. The summed E-state index contributed by atoms with van der Waals surface area (Å²) in [6.07, 6.45) is 2.76. The second-order valence-corrected chi connectivity index (χ2v) is 6.82. The third-order valence-electron chi connectivity index (χ3n) is 3.64. The summed E-state index contributed by atoms with van der Waals surface area (Å²) in [6, 6.07) is 3.93. The van der Waals surface area contributed by atoms with Gasteiger partial charge in [-0.2, -0.15) is 10.1 Å². The molecular weight excluding hydrogens is 358 g/mol. The molecule has 3 aromatic rings.